The molecule has 28 nitrogen and oxygen atoms in total. The van der Waals surface area contributed by atoms with Crippen molar-refractivity contribution < 1.29 is 62.6 Å². The van der Waals surface area contributed by atoms with Gasteiger partial charge in [0.2, 0.25) is 32.6 Å². The highest BCUT2D eigenvalue weighted by atomic mass is 127. The van der Waals surface area contributed by atoms with Gasteiger partial charge in [-0.3, -0.25) is 4.18 Å². The van der Waals surface area contributed by atoms with E-state index in [0.29, 0.717) is 80.7 Å². The predicted octanol–water partition coefficient (Wildman–Crippen LogP) is 11.2. The Bertz CT molecular complexity index is 5180. The molecule has 604 valence electrons. The lowest BCUT2D eigenvalue weighted by Gasteiger charge is -2.13. The highest BCUT2D eigenvalue weighted by Crippen LogP contribution is 2.26. The van der Waals surface area contributed by atoms with Crippen LogP contribution in [0.1, 0.15) is 60.0 Å². The summed E-state index contributed by atoms with van der Waals surface area (Å²) in [5.74, 6) is 7.82. The maximum absolute atomic E-state index is 13.8. The van der Waals surface area contributed by atoms with Crippen LogP contribution in [0.4, 0.5) is 17.6 Å². The average molecular weight is 1960 g/mol. The summed E-state index contributed by atoms with van der Waals surface area (Å²) in [6.07, 6.45) is 16.9. The Kier molecular flexibility index (Phi) is 45.3. The van der Waals surface area contributed by atoms with Crippen LogP contribution in [-0.4, -0.2) is 213 Å². The zero-order valence-corrected chi connectivity index (χ0v) is 72.6. The third kappa shape index (κ3) is 39.3. The number of ether oxygens (including phenoxy) is 4. The first kappa shape index (κ1) is 98.4. The molecule has 0 spiro atoms. The lowest BCUT2D eigenvalue weighted by atomic mass is 10.2. The number of nitrogens with zero attached hydrogens (tertiary/aromatic N) is 17. The van der Waals surface area contributed by atoms with E-state index in [1.807, 2.05) is 146 Å². The molecule has 0 saturated heterocycles. The zero-order valence-electron chi connectivity index (χ0n) is 63.8. The second-order valence-corrected chi connectivity index (χ2v) is 31.3. The standard InChI is InChI=1S/C21H18FN5O.C14H14FIN4O.C13H11FIN3O4S.C12H9FIN3O2.C7H5N.C6H15N.C2H7N.CH3ClO2S/c1-26(2)9-10-28-21-17(6-7-19-5-3-4-8-24-19)15-27(25-21)20-12-16(14-23)11-18(22)13-20;1-19(2)3-4-21-14-13(16)9-20(18-14)12-6-10(8-17)5-11(15)7-12;1-23(19,20)22-3-2-21-13-12(15)8-18(17-13)11-5-9(7-16)4-10(14)6-11;13-9-3-8(6-15)4-10(5-9)17-7-11(14)12(16-17)19-2-1-18;1-2-7-5-3-4-6-8-7;1-4-7(5-2)6-3;1-3-2;1-5(2,3)4/h3-5,8,11-13,15H,9-10H2,1-2H3;5-7,9H,3-4H2,1-2H3;4-6,8H,2-3H2,1H3;3-5,7,18H,1-2H2;1,3-6H;4-6H2,1-3H3;3H,1-2H3;1H3. The molecule has 0 fully saturated rings. The van der Waals surface area contributed by atoms with Gasteiger partial charge in [0.15, 0.2) is 0 Å². The van der Waals surface area contributed by atoms with E-state index in [-0.39, 0.29) is 54.6 Å². The second-order valence-electron chi connectivity index (χ2n) is 23.1. The molecule has 0 radical (unpaired) electrons. The summed E-state index contributed by atoms with van der Waals surface area (Å²) in [6.45, 7) is 12.4. The van der Waals surface area contributed by atoms with E-state index < -0.39 is 42.4 Å². The van der Waals surface area contributed by atoms with Crippen molar-refractivity contribution in [3.63, 3.8) is 0 Å². The van der Waals surface area contributed by atoms with Crippen LogP contribution in [0.3, 0.4) is 0 Å². The molecule has 114 heavy (non-hydrogen) atoms. The average Bonchev–Trinajstić information content (AvgIpc) is 1.69. The minimum Gasteiger partial charge on any atom is -0.474 e. The van der Waals surface area contributed by atoms with Crippen LogP contribution in [0.25, 0.3) is 22.7 Å². The first-order chi connectivity index (χ1) is 54.1. The van der Waals surface area contributed by atoms with Gasteiger partial charge in [0.1, 0.15) is 73.3 Å². The van der Waals surface area contributed by atoms with E-state index in [4.69, 9.17) is 51.5 Å². The molecule has 10 rings (SSSR count). The van der Waals surface area contributed by atoms with Crippen molar-refractivity contribution in [1.82, 2.24) is 69.1 Å². The van der Waals surface area contributed by atoms with Crippen LogP contribution in [0.5, 0.6) is 23.5 Å². The number of aromatic nitrogens is 10. The number of halogens is 8. The van der Waals surface area contributed by atoms with Crippen molar-refractivity contribution in [2.24, 2.45) is 0 Å². The Morgan fingerprint density at radius 1 is 0.509 bits per heavy atom. The fourth-order valence-corrected chi connectivity index (χ4v) is 10.2. The zero-order chi connectivity index (χ0) is 84.9. The number of nitrogens with one attached hydrogen (secondary N) is 1. The summed E-state index contributed by atoms with van der Waals surface area (Å²) in [5.41, 5.74) is 4.44. The third-order valence-corrected chi connectivity index (χ3v) is 16.2. The predicted molar refractivity (Wildman–Crippen MR) is 450 cm³/mol. The number of aliphatic hydroxyl groups is 1. The van der Waals surface area contributed by atoms with Gasteiger partial charge in [-0.2, -0.15) is 29.5 Å². The van der Waals surface area contributed by atoms with Gasteiger partial charge in [0, 0.05) is 54.8 Å². The van der Waals surface area contributed by atoms with Crippen LogP contribution in [0.15, 0.2) is 146 Å². The number of likely N-dealkylation sites (N-methyl/N-ethyl adjacent to an activating group) is 2. The second kappa shape index (κ2) is 52.5. The highest BCUT2D eigenvalue weighted by Gasteiger charge is 2.17. The van der Waals surface area contributed by atoms with Gasteiger partial charge in [-0.15, -0.1) is 26.8 Å². The first-order valence-corrected chi connectivity index (χ1v) is 41.4. The number of hydrogen-bond donors (Lipinski definition) is 2. The van der Waals surface area contributed by atoms with Crippen LogP contribution in [-0.2, 0) is 23.4 Å². The van der Waals surface area contributed by atoms with Crippen molar-refractivity contribution >= 4 is 97.6 Å². The maximum atomic E-state index is 13.8. The van der Waals surface area contributed by atoms with E-state index in [0.717, 1.165) is 38.3 Å². The molecule has 0 saturated carbocycles. The lowest BCUT2D eigenvalue weighted by Crippen LogP contribution is -2.21. The quantitative estimate of drug-likeness (QED) is 0.0150. The summed E-state index contributed by atoms with van der Waals surface area (Å²) >= 11 is 6.11. The summed E-state index contributed by atoms with van der Waals surface area (Å²) in [4.78, 5) is 14.4. The Hall–Kier alpha value is -9.84. The molecule has 10 aromatic rings. The summed E-state index contributed by atoms with van der Waals surface area (Å²) < 4.78 is 129. The Morgan fingerprint density at radius 2 is 0.833 bits per heavy atom. The molecule has 4 aromatic carbocycles. The number of pyridine rings is 2. The third-order valence-electron chi connectivity index (χ3n) is 13.3. The lowest BCUT2D eigenvalue weighted by molar-refractivity contribution is 0.195. The molecule has 6 aromatic heterocycles. The highest BCUT2D eigenvalue weighted by molar-refractivity contribution is 14.1. The van der Waals surface area contributed by atoms with Gasteiger partial charge < -0.3 is 44.1 Å². The molecule has 0 unspecified atom stereocenters. The fourth-order valence-electron chi connectivity index (χ4n) is 8.27. The molecule has 0 bridgehead atoms. The van der Waals surface area contributed by atoms with Crippen molar-refractivity contribution in [1.29, 1.82) is 21.0 Å². The SMILES string of the molecule is C#Cc1ccccn1.CCN(CC)CC.CN(C)CCOc1nn(-c2cc(F)cc(C#N)c2)cc1C#Cc1ccccn1.CN(C)CCOc1nn(-c2cc(F)cc(C#N)c2)cc1I.CNC.CS(=O)(=O)Cl.CS(=O)(=O)OCCOc1nn(-c2cc(F)cc(C#N)c2)cc1I.N#Cc1cc(F)cc(-n2cc(I)c(OCCO)n2)c1. The number of terminal acetylenes is 1. The molecule has 0 amide bonds. The minimum absolute atomic E-state index is 0.00726. The fraction of sp³-hybridized carbons (Fsp3) is 0.289. The Morgan fingerprint density at radius 3 is 1.12 bits per heavy atom. The summed E-state index contributed by atoms with van der Waals surface area (Å²) in [5, 5.41) is 64.0. The molecular weight excluding hydrogens is 1880 g/mol. The normalized spacial score (nSPS) is 10.3. The van der Waals surface area contributed by atoms with E-state index in [1.54, 1.807) is 61.4 Å². The van der Waals surface area contributed by atoms with Crippen molar-refractivity contribution in [3.8, 4) is 94.7 Å². The molecule has 0 aliphatic rings. The Labute approximate surface area is 706 Å². The van der Waals surface area contributed by atoms with Gasteiger partial charge in [0.25, 0.3) is 10.1 Å². The van der Waals surface area contributed by atoms with Crippen LogP contribution in [0, 0.1) is 103 Å². The molecular formula is C76H82ClF4I3N18O10S2. The minimum atomic E-state index is -3.52. The number of aliphatic hydroxyl groups excluding tert-OH is 1. The molecule has 0 atom stereocenters. The molecule has 2 N–H and O–H groups in total. The number of hydrogen-bond acceptors (Lipinski definition) is 24. The summed E-state index contributed by atoms with van der Waals surface area (Å²) in [6, 6.07) is 34.5. The van der Waals surface area contributed by atoms with Crippen LogP contribution in [0.2, 0.25) is 0 Å². The van der Waals surface area contributed by atoms with E-state index in [2.05, 4.69) is 117 Å². The number of rotatable bonds is 23. The number of benzene rings is 4. The van der Waals surface area contributed by atoms with E-state index >= 15 is 0 Å². The largest absolute Gasteiger partial charge is 0.474 e. The maximum Gasteiger partial charge on any atom is 0.264 e. The first-order valence-electron chi connectivity index (χ1n) is 33.6. The van der Waals surface area contributed by atoms with Gasteiger partial charge in [-0.05, 0) is 233 Å². The van der Waals surface area contributed by atoms with E-state index in [1.165, 1.54) is 86.9 Å². The van der Waals surface area contributed by atoms with Gasteiger partial charge >= 0.3 is 0 Å². The monoisotopic (exact) mass is 1960 g/mol. The van der Waals surface area contributed by atoms with Crippen LogP contribution < -0.4 is 24.3 Å². The summed E-state index contributed by atoms with van der Waals surface area (Å²) in [7, 11) is 9.35. The molecule has 0 aliphatic heterocycles. The van der Waals surface area contributed by atoms with Crippen molar-refractivity contribution in [3.05, 3.63) is 220 Å². The molecule has 6 heterocycles. The Balaban J connectivity index is 0.000000361. The van der Waals surface area contributed by atoms with E-state index in [9.17, 15) is 34.4 Å². The smallest absolute Gasteiger partial charge is 0.264 e. The molecule has 0 aliphatic carbocycles. The number of nitriles is 4. The topological polar surface area (TPSA) is 349 Å². The van der Waals surface area contributed by atoms with Gasteiger partial charge in [-0.1, -0.05) is 44.7 Å². The van der Waals surface area contributed by atoms with Crippen molar-refractivity contribution in [2.75, 3.05) is 127 Å². The van der Waals surface area contributed by atoms with Crippen LogP contribution >= 0.6 is 78.5 Å². The molecule has 38 heteroatoms. The van der Waals surface area contributed by atoms with Gasteiger partial charge in [-0.25, -0.2) is 54.7 Å². The van der Waals surface area contributed by atoms with Crippen molar-refractivity contribution in [2.45, 2.75) is 20.8 Å². The van der Waals surface area contributed by atoms with Gasteiger partial charge in [0.05, 0.1) is 105 Å².